The number of hydrogen-bond donors (Lipinski definition) is 1. The first-order chi connectivity index (χ1) is 16.9. The van der Waals surface area contributed by atoms with Crippen LogP contribution in [0.4, 0.5) is 5.69 Å². The number of rotatable bonds is 12. The predicted molar refractivity (Wildman–Crippen MR) is 150 cm³/mol. The molecule has 198 valence electrons. The van der Waals surface area contributed by atoms with Gasteiger partial charge in [-0.05, 0) is 61.2 Å². The van der Waals surface area contributed by atoms with Gasteiger partial charge < -0.3 is 10.2 Å². The van der Waals surface area contributed by atoms with Gasteiger partial charge in [0.05, 0.1) is 11.9 Å². The summed E-state index contributed by atoms with van der Waals surface area (Å²) >= 11 is 15.8. The van der Waals surface area contributed by atoms with Gasteiger partial charge in [-0.25, -0.2) is 8.42 Å². The van der Waals surface area contributed by atoms with Crippen molar-refractivity contribution in [2.24, 2.45) is 0 Å². The van der Waals surface area contributed by atoms with Crippen molar-refractivity contribution in [3.05, 3.63) is 62.0 Å². The summed E-state index contributed by atoms with van der Waals surface area (Å²) in [5.74, 6) is -0.820. The van der Waals surface area contributed by atoms with E-state index in [0.29, 0.717) is 34.3 Å². The lowest BCUT2D eigenvalue weighted by Gasteiger charge is -2.33. The van der Waals surface area contributed by atoms with Crippen LogP contribution < -0.4 is 9.62 Å². The summed E-state index contributed by atoms with van der Waals surface area (Å²) in [6.07, 6.45) is 3.11. The highest BCUT2D eigenvalue weighted by atomic mass is 79.9. The third kappa shape index (κ3) is 8.36. The fourth-order valence-corrected chi connectivity index (χ4v) is 5.21. The molecule has 0 spiro atoms. The van der Waals surface area contributed by atoms with Crippen molar-refractivity contribution >= 4 is 66.7 Å². The van der Waals surface area contributed by atoms with Crippen molar-refractivity contribution in [2.45, 2.75) is 52.6 Å². The van der Waals surface area contributed by atoms with Gasteiger partial charge in [0, 0.05) is 27.6 Å². The number of anilines is 1. The van der Waals surface area contributed by atoms with E-state index in [2.05, 4.69) is 21.2 Å². The smallest absolute Gasteiger partial charge is 0.244 e. The Labute approximate surface area is 232 Å². The quantitative estimate of drug-likeness (QED) is 0.315. The summed E-state index contributed by atoms with van der Waals surface area (Å²) in [4.78, 5) is 28.2. The molecule has 36 heavy (non-hydrogen) atoms. The average Bonchev–Trinajstić information content (AvgIpc) is 2.80. The summed E-state index contributed by atoms with van der Waals surface area (Å²) < 4.78 is 27.3. The molecule has 2 aromatic carbocycles. The van der Waals surface area contributed by atoms with Crippen LogP contribution in [0.5, 0.6) is 0 Å². The maximum Gasteiger partial charge on any atom is 0.244 e. The Morgan fingerprint density at radius 2 is 1.81 bits per heavy atom. The van der Waals surface area contributed by atoms with Crippen LogP contribution in [0.3, 0.4) is 0 Å². The van der Waals surface area contributed by atoms with E-state index in [1.54, 1.807) is 43.3 Å². The second kappa shape index (κ2) is 13.7. The Morgan fingerprint density at radius 1 is 1.11 bits per heavy atom. The van der Waals surface area contributed by atoms with E-state index in [1.165, 1.54) is 4.90 Å². The second-order valence-corrected chi connectivity index (χ2v) is 12.1. The third-order valence-electron chi connectivity index (χ3n) is 5.68. The molecule has 0 aliphatic rings. The molecule has 2 aromatic rings. The number of nitrogens with one attached hydrogen (secondary N) is 1. The molecule has 11 heteroatoms. The maximum absolute atomic E-state index is 13.7. The minimum Gasteiger partial charge on any atom is -0.354 e. The number of carbonyl (C=O) groups is 2. The molecule has 7 nitrogen and oxygen atoms in total. The van der Waals surface area contributed by atoms with Gasteiger partial charge in [-0.2, -0.15) is 0 Å². The molecule has 0 aliphatic carbocycles. The Kier molecular flexibility index (Phi) is 11.5. The first-order valence-electron chi connectivity index (χ1n) is 11.6. The van der Waals surface area contributed by atoms with E-state index < -0.39 is 28.5 Å². The normalized spacial score (nSPS) is 12.2. The molecule has 0 aliphatic heterocycles. The monoisotopic (exact) mass is 619 g/mol. The molecule has 0 saturated carbocycles. The van der Waals surface area contributed by atoms with E-state index in [0.717, 1.165) is 33.4 Å². The molecular weight excluding hydrogens is 589 g/mol. The number of amides is 2. The van der Waals surface area contributed by atoms with Crippen molar-refractivity contribution in [2.75, 3.05) is 23.7 Å². The van der Waals surface area contributed by atoms with Crippen LogP contribution in [-0.4, -0.2) is 50.5 Å². The molecular formula is C25H32BrCl2N3O4S. The first-order valence-corrected chi connectivity index (χ1v) is 15.0. The van der Waals surface area contributed by atoms with E-state index in [4.69, 9.17) is 23.2 Å². The number of sulfonamides is 1. The molecule has 2 amide bonds. The molecule has 1 N–H and O–H groups in total. The topological polar surface area (TPSA) is 86.8 Å². The van der Waals surface area contributed by atoms with E-state index >= 15 is 0 Å². The maximum atomic E-state index is 13.7. The Bertz CT molecular complexity index is 1190. The van der Waals surface area contributed by atoms with Crippen LogP contribution in [0, 0.1) is 6.92 Å². The minimum atomic E-state index is -3.81. The van der Waals surface area contributed by atoms with Crippen LogP contribution in [0.25, 0.3) is 0 Å². The van der Waals surface area contributed by atoms with E-state index in [9.17, 15) is 18.0 Å². The first kappa shape index (κ1) is 30.4. The lowest BCUT2D eigenvalue weighted by Crippen LogP contribution is -2.52. The molecule has 0 fully saturated rings. The van der Waals surface area contributed by atoms with E-state index in [1.807, 2.05) is 13.8 Å². The average molecular weight is 621 g/mol. The van der Waals surface area contributed by atoms with Gasteiger partial charge in [0.1, 0.15) is 12.6 Å². The number of carbonyl (C=O) groups excluding carboxylic acids is 2. The van der Waals surface area contributed by atoms with Gasteiger partial charge in [0.25, 0.3) is 0 Å². The number of halogens is 3. The summed E-state index contributed by atoms with van der Waals surface area (Å²) in [7, 11) is -3.81. The molecule has 0 bridgehead atoms. The van der Waals surface area contributed by atoms with Crippen LogP contribution in [0.1, 0.15) is 44.2 Å². The lowest BCUT2D eigenvalue weighted by atomic mass is 10.1. The van der Waals surface area contributed by atoms with Gasteiger partial charge in [-0.3, -0.25) is 13.9 Å². The highest BCUT2D eigenvalue weighted by molar-refractivity contribution is 9.10. The zero-order valence-electron chi connectivity index (χ0n) is 20.9. The lowest BCUT2D eigenvalue weighted by molar-refractivity contribution is -0.140. The molecule has 0 radical (unpaired) electrons. The zero-order chi connectivity index (χ0) is 27.0. The number of nitrogens with zero attached hydrogens (tertiary/aromatic N) is 2. The summed E-state index contributed by atoms with van der Waals surface area (Å²) in [5, 5.41) is 3.68. The van der Waals surface area contributed by atoms with Gasteiger partial charge in [-0.15, -0.1) is 0 Å². The van der Waals surface area contributed by atoms with Crippen molar-refractivity contribution in [3.63, 3.8) is 0 Å². The van der Waals surface area contributed by atoms with Crippen LogP contribution in [0.15, 0.2) is 40.9 Å². The molecule has 1 atom stereocenters. The Morgan fingerprint density at radius 3 is 2.36 bits per heavy atom. The van der Waals surface area contributed by atoms with Crippen molar-refractivity contribution in [1.29, 1.82) is 0 Å². The van der Waals surface area contributed by atoms with Gasteiger partial charge in [-0.1, -0.05) is 65.5 Å². The third-order valence-corrected chi connectivity index (χ3v) is 8.30. The Balaban J connectivity index is 2.46. The standard InChI is InChI=1S/C25H32BrCl2N3O4S/c1-5-7-12-29-25(33)23(6-2)30(15-18-8-9-19(27)14-22(18)28)24(32)16-31(36(4,34)35)20-10-11-21(26)17(3)13-20/h8-11,13-14,23H,5-7,12,15-16H2,1-4H3,(H,29,33)/t23-/m0/s1. The number of benzene rings is 2. The summed E-state index contributed by atoms with van der Waals surface area (Å²) in [5.41, 5.74) is 1.77. The highest BCUT2D eigenvalue weighted by Crippen LogP contribution is 2.27. The van der Waals surface area contributed by atoms with Gasteiger partial charge in [0.15, 0.2) is 0 Å². The molecule has 0 saturated heterocycles. The van der Waals surface area contributed by atoms with Crippen molar-refractivity contribution in [1.82, 2.24) is 10.2 Å². The Hall–Kier alpha value is -1.81. The van der Waals surface area contributed by atoms with Crippen molar-refractivity contribution in [3.8, 4) is 0 Å². The van der Waals surface area contributed by atoms with Gasteiger partial charge in [0.2, 0.25) is 21.8 Å². The van der Waals surface area contributed by atoms with Gasteiger partial charge >= 0.3 is 0 Å². The highest BCUT2D eigenvalue weighted by Gasteiger charge is 2.32. The number of hydrogen-bond acceptors (Lipinski definition) is 4. The van der Waals surface area contributed by atoms with Crippen LogP contribution >= 0.6 is 39.1 Å². The fourth-order valence-electron chi connectivity index (χ4n) is 3.66. The molecule has 0 unspecified atom stereocenters. The van der Waals surface area contributed by atoms with E-state index in [-0.39, 0.29) is 12.5 Å². The second-order valence-electron chi connectivity index (χ2n) is 8.53. The molecule has 0 aromatic heterocycles. The predicted octanol–water partition coefficient (Wildman–Crippen LogP) is 5.55. The molecule has 2 rings (SSSR count). The number of aryl methyl sites for hydroxylation is 1. The van der Waals surface area contributed by atoms with Crippen molar-refractivity contribution < 1.29 is 18.0 Å². The summed E-state index contributed by atoms with van der Waals surface area (Å²) in [6.45, 7) is 5.70. The zero-order valence-corrected chi connectivity index (χ0v) is 24.8. The SMILES string of the molecule is CCCCNC(=O)[C@H](CC)N(Cc1ccc(Cl)cc1Cl)C(=O)CN(c1ccc(Br)c(C)c1)S(C)(=O)=O. The largest absolute Gasteiger partial charge is 0.354 e. The van der Waals surface area contributed by atoms with Crippen LogP contribution in [0.2, 0.25) is 10.0 Å². The fraction of sp³-hybridized carbons (Fsp3) is 0.440. The summed E-state index contributed by atoms with van der Waals surface area (Å²) in [6, 6.07) is 9.15. The van der Waals surface area contributed by atoms with Crippen LogP contribution in [-0.2, 0) is 26.2 Å². The number of unbranched alkanes of at least 4 members (excludes halogenated alkanes) is 1. The molecule has 0 heterocycles. The minimum absolute atomic E-state index is 0.0194.